The second kappa shape index (κ2) is 7.16. The number of thiazole rings is 1. The van der Waals surface area contributed by atoms with Crippen molar-refractivity contribution < 1.29 is 9.18 Å². The van der Waals surface area contributed by atoms with Crippen LogP contribution in [0.25, 0.3) is 11.3 Å². The summed E-state index contributed by atoms with van der Waals surface area (Å²) >= 11 is 4.08. The van der Waals surface area contributed by atoms with E-state index in [2.05, 4.69) is 20.5 Å². The third kappa shape index (κ3) is 4.12. The summed E-state index contributed by atoms with van der Waals surface area (Å²) in [5, 5.41) is 12.5. The number of anilines is 1. The number of nitrogens with zero attached hydrogens (tertiary/aromatic N) is 3. The van der Waals surface area contributed by atoms with Gasteiger partial charge in [-0.1, -0.05) is 23.1 Å². The van der Waals surface area contributed by atoms with Crippen molar-refractivity contribution in [1.82, 2.24) is 15.2 Å². The Bertz CT molecular complexity index is 789. The second-order valence-electron chi connectivity index (χ2n) is 4.50. The van der Waals surface area contributed by atoms with E-state index < -0.39 is 0 Å². The SMILES string of the molecule is CC(Sc1nncs1)C(=O)Nc1nc(-c2ccc(F)cc2)cs1. The molecule has 0 fully saturated rings. The Morgan fingerprint density at radius 1 is 1.30 bits per heavy atom. The van der Waals surface area contributed by atoms with Crippen molar-refractivity contribution >= 4 is 45.5 Å². The van der Waals surface area contributed by atoms with Crippen LogP contribution in [-0.2, 0) is 4.79 Å². The molecule has 0 radical (unpaired) electrons. The van der Waals surface area contributed by atoms with Gasteiger partial charge in [-0.15, -0.1) is 21.5 Å². The molecule has 1 N–H and O–H groups in total. The molecule has 1 unspecified atom stereocenters. The predicted octanol–water partition coefficient (Wildman–Crippen LogP) is 3.92. The molecule has 1 aromatic carbocycles. The molecule has 9 heteroatoms. The highest BCUT2D eigenvalue weighted by molar-refractivity contribution is 8.02. The van der Waals surface area contributed by atoms with Crippen LogP contribution in [0.3, 0.4) is 0 Å². The maximum absolute atomic E-state index is 12.9. The Balaban J connectivity index is 1.64. The molecule has 0 saturated carbocycles. The molecule has 0 aliphatic carbocycles. The number of carbonyl (C=O) groups is 1. The van der Waals surface area contributed by atoms with Gasteiger partial charge in [0, 0.05) is 10.9 Å². The lowest BCUT2D eigenvalue weighted by Gasteiger charge is -2.07. The zero-order valence-corrected chi connectivity index (χ0v) is 14.3. The van der Waals surface area contributed by atoms with E-state index >= 15 is 0 Å². The Labute approximate surface area is 144 Å². The standard InChI is InChI=1S/C14H11FN4OS3/c1-8(23-14-19-16-7-22-14)12(20)18-13-17-11(6-21-13)9-2-4-10(15)5-3-9/h2-8H,1H3,(H,17,18,20). The van der Waals surface area contributed by atoms with E-state index in [1.807, 2.05) is 5.38 Å². The molecular weight excluding hydrogens is 355 g/mol. The van der Waals surface area contributed by atoms with E-state index in [9.17, 15) is 9.18 Å². The van der Waals surface area contributed by atoms with Crippen molar-refractivity contribution in [3.8, 4) is 11.3 Å². The Morgan fingerprint density at radius 3 is 2.78 bits per heavy atom. The molecule has 1 atom stereocenters. The molecule has 5 nitrogen and oxygen atoms in total. The van der Waals surface area contributed by atoms with Crippen LogP contribution < -0.4 is 5.32 Å². The lowest BCUT2D eigenvalue weighted by Crippen LogP contribution is -2.22. The van der Waals surface area contributed by atoms with Crippen molar-refractivity contribution in [1.29, 1.82) is 0 Å². The minimum absolute atomic E-state index is 0.148. The summed E-state index contributed by atoms with van der Waals surface area (Å²) in [6.07, 6.45) is 0. The first-order valence-corrected chi connectivity index (χ1v) is 9.21. The number of rotatable bonds is 5. The molecule has 3 aromatic rings. The van der Waals surface area contributed by atoms with Gasteiger partial charge in [0.05, 0.1) is 10.9 Å². The number of hydrogen-bond donors (Lipinski definition) is 1. The summed E-state index contributed by atoms with van der Waals surface area (Å²) in [5.41, 5.74) is 3.14. The predicted molar refractivity (Wildman–Crippen MR) is 91.4 cm³/mol. The zero-order chi connectivity index (χ0) is 16.2. The van der Waals surface area contributed by atoms with Crippen LogP contribution in [0.4, 0.5) is 9.52 Å². The maximum Gasteiger partial charge on any atom is 0.239 e. The van der Waals surface area contributed by atoms with Gasteiger partial charge in [0.15, 0.2) is 9.47 Å². The van der Waals surface area contributed by atoms with Gasteiger partial charge in [-0.2, -0.15) is 0 Å². The van der Waals surface area contributed by atoms with E-state index in [0.29, 0.717) is 10.8 Å². The summed E-state index contributed by atoms with van der Waals surface area (Å²) in [6, 6.07) is 6.08. The highest BCUT2D eigenvalue weighted by Gasteiger charge is 2.17. The number of hydrogen-bond acceptors (Lipinski definition) is 7. The third-order valence-corrected chi connectivity index (χ3v) is 5.53. The smallest absolute Gasteiger partial charge is 0.239 e. The van der Waals surface area contributed by atoms with Crippen LogP contribution in [0, 0.1) is 5.82 Å². The summed E-state index contributed by atoms with van der Waals surface area (Å²) in [4.78, 5) is 16.5. The molecule has 0 saturated heterocycles. The molecule has 3 rings (SSSR count). The Morgan fingerprint density at radius 2 is 2.09 bits per heavy atom. The van der Waals surface area contributed by atoms with Crippen LogP contribution >= 0.6 is 34.4 Å². The van der Waals surface area contributed by atoms with Gasteiger partial charge in [-0.05, 0) is 31.2 Å². The molecule has 0 aliphatic heterocycles. The maximum atomic E-state index is 12.9. The summed E-state index contributed by atoms with van der Waals surface area (Å²) in [5.74, 6) is -0.440. The molecule has 2 heterocycles. The van der Waals surface area contributed by atoms with E-state index in [-0.39, 0.29) is 17.0 Å². The second-order valence-corrected chi connectivity index (χ2v) is 7.78. The van der Waals surface area contributed by atoms with Gasteiger partial charge in [0.2, 0.25) is 5.91 Å². The van der Waals surface area contributed by atoms with Gasteiger partial charge < -0.3 is 5.32 Å². The number of amides is 1. The Kier molecular flexibility index (Phi) is 4.99. The van der Waals surface area contributed by atoms with E-state index in [1.54, 1.807) is 24.6 Å². The summed E-state index contributed by atoms with van der Waals surface area (Å²) in [6.45, 7) is 1.80. The first-order chi connectivity index (χ1) is 11.1. The van der Waals surface area contributed by atoms with Crippen molar-refractivity contribution in [2.24, 2.45) is 0 Å². The summed E-state index contributed by atoms with van der Waals surface area (Å²) in [7, 11) is 0. The average molecular weight is 366 g/mol. The fraction of sp³-hybridized carbons (Fsp3) is 0.143. The monoisotopic (exact) mass is 366 g/mol. The molecule has 118 valence electrons. The number of aromatic nitrogens is 3. The first kappa shape index (κ1) is 16.0. The largest absolute Gasteiger partial charge is 0.301 e. The lowest BCUT2D eigenvalue weighted by molar-refractivity contribution is -0.115. The number of carbonyl (C=O) groups excluding carboxylic acids is 1. The average Bonchev–Trinajstić information content (AvgIpc) is 3.20. The number of nitrogens with one attached hydrogen (secondary N) is 1. The minimum Gasteiger partial charge on any atom is -0.301 e. The highest BCUT2D eigenvalue weighted by Crippen LogP contribution is 2.27. The number of halogens is 1. The van der Waals surface area contributed by atoms with Gasteiger partial charge in [-0.25, -0.2) is 9.37 Å². The van der Waals surface area contributed by atoms with Gasteiger partial charge >= 0.3 is 0 Å². The molecule has 0 spiro atoms. The van der Waals surface area contributed by atoms with E-state index in [1.165, 1.54) is 46.6 Å². The van der Waals surface area contributed by atoms with Crippen LogP contribution in [0.2, 0.25) is 0 Å². The summed E-state index contributed by atoms with van der Waals surface area (Å²) < 4.78 is 13.7. The molecule has 2 aromatic heterocycles. The molecule has 23 heavy (non-hydrogen) atoms. The highest BCUT2D eigenvalue weighted by atomic mass is 32.2. The van der Waals surface area contributed by atoms with Crippen molar-refractivity contribution in [2.45, 2.75) is 16.5 Å². The van der Waals surface area contributed by atoms with Crippen LogP contribution in [0.1, 0.15) is 6.92 Å². The lowest BCUT2D eigenvalue weighted by atomic mass is 10.2. The molecule has 0 aliphatic rings. The molecule has 1 amide bonds. The van der Waals surface area contributed by atoms with Crippen molar-refractivity contribution in [2.75, 3.05) is 5.32 Å². The van der Waals surface area contributed by atoms with E-state index in [0.717, 1.165) is 9.90 Å². The molecular formula is C14H11FN4OS3. The number of benzene rings is 1. The normalized spacial score (nSPS) is 12.1. The van der Waals surface area contributed by atoms with Crippen LogP contribution in [0.15, 0.2) is 39.5 Å². The van der Waals surface area contributed by atoms with Gasteiger partial charge in [-0.3, -0.25) is 4.79 Å². The van der Waals surface area contributed by atoms with Crippen LogP contribution in [-0.4, -0.2) is 26.3 Å². The fourth-order valence-corrected chi connectivity index (χ4v) is 4.06. The third-order valence-electron chi connectivity index (χ3n) is 2.86. The van der Waals surface area contributed by atoms with Gasteiger partial charge in [0.1, 0.15) is 11.3 Å². The van der Waals surface area contributed by atoms with E-state index in [4.69, 9.17) is 0 Å². The zero-order valence-electron chi connectivity index (χ0n) is 11.9. The number of thioether (sulfide) groups is 1. The minimum atomic E-state index is -0.305. The van der Waals surface area contributed by atoms with Crippen molar-refractivity contribution in [3.63, 3.8) is 0 Å². The topological polar surface area (TPSA) is 67.8 Å². The quantitative estimate of drug-likeness (QED) is 0.693. The van der Waals surface area contributed by atoms with Gasteiger partial charge in [0.25, 0.3) is 0 Å². The fourth-order valence-electron chi connectivity index (χ4n) is 1.71. The van der Waals surface area contributed by atoms with Crippen molar-refractivity contribution in [3.05, 3.63) is 41.0 Å². The van der Waals surface area contributed by atoms with Crippen LogP contribution in [0.5, 0.6) is 0 Å². The molecule has 0 bridgehead atoms. The first-order valence-electron chi connectivity index (χ1n) is 6.57. The Hall–Kier alpha value is -1.84.